The molecule has 0 radical (unpaired) electrons. The van der Waals surface area contributed by atoms with Crippen LogP contribution in [0.2, 0.25) is 0 Å². The van der Waals surface area contributed by atoms with Gasteiger partial charge in [-0.3, -0.25) is 4.79 Å². The summed E-state index contributed by atoms with van der Waals surface area (Å²) in [5.74, 6) is 0.219. The highest BCUT2D eigenvalue weighted by Gasteiger charge is 2.13. The Kier molecular flexibility index (Phi) is 5.00. The summed E-state index contributed by atoms with van der Waals surface area (Å²) in [5.41, 5.74) is 0.732. The molecule has 0 saturated heterocycles. The highest BCUT2D eigenvalue weighted by atomic mass is 16.5. The van der Waals surface area contributed by atoms with Crippen LogP contribution in [-0.4, -0.2) is 30.8 Å². The van der Waals surface area contributed by atoms with Crippen LogP contribution in [-0.2, 0) is 4.79 Å². The van der Waals surface area contributed by atoms with Crippen LogP contribution < -0.4 is 15.7 Å². The molecule has 2 aromatic carbocycles. The SMILES string of the molecule is Cc1c(OCC(=O)NCCCO)ccc2c1oc(=O)c1ccccc12. The van der Waals surface area contributed by atoms with Gasteiger partial charge >= 0.3 is 5.63 Å². The number of amides is 1. The molecular formula is C19H19NO5. The normalized spacial score (nSPS) is 11.0. The van der Waals surface area contributed by atoms with E-state index in [0.29, 0.717) is 35.2 Å². The molecule has 6 nitrogen and oxygen atoms in total. The molecule has 1 amide bonds. The number of hydrogen-bond acceptors (Lipinski definition) is 5. The van der Waals surface area contributed by atoms with Gasteiger partial charge < -0.3 is 19.6 Å². The van der Waals surface area contributed by atoms with Crippen LogP contribution in [0.3, 0.4) is 0 Å². The topological polar surface area (TPSA) is 88.8 Å². The Labute approximate surface area is 144 Å². The van der Waals surface area contributed by atoms with Crippen LogP contribution in [0, 0.1) is 6.92 Å². The summed E-state index contributed by atoms with van der Waals surface area (Å²) in [7, 11) is 0. The lowest BCUT2D eigenvalue weighted by Crippen LogP contribution is -2.30. The first kappa shape index (κ1) is 17.0. The van der Waals surface area contributed by atoms with E-state index < -0.39 is 5.63 Å². The predicted molar refractivity (Wildman–Crippen MR) is 94.9 cm³/mol. The molecule has 1 aromatic heterocycles. The van der Waals surface area contributed by atoms with Crippen LogP contribution >= 0.6 is 0 Å². The van der Waals surface area contributed by atoms with E-state index in [9.17, 15) is 9.59 Å². The van der Waals surface area contributed by atoms with Gasteiger partial charge in [0, 0.05) is 24.1 Å². The number of nitrogens with one attached hydrogen (secondary N) is 1. The van der Waals surface area contributed by atoms with E-state index in [1.54, 1.807) is 25.1 Å². The van der Waals surface area contributed by atoms with Crippen molar-refractivity contribution in [3.63, 3.8) is 0 Å². The summed E-state index contributed by atoms with van der Waals surface area (Å²) < 4.78 is 11.0. The summed E-state index contributed by atoms with van der Waals surface area (Å²) in [6.45, 7) is 2.07. The molecule has 0 saturated carbocycles. The molecule has 0 spiro atoms. The molecule has 1 heterocycles. The molecule has 0 atom stereocenters. The van der Waals surface area contributed by atoms with Gasteiger partial charge in [-0.05, 0) is 36.9 Å². The van der Waals surface area contributed by atoms with Crippen LogP contribution in [0.4, 0.5) is 0 Å². The minimum Gasteiger partial charge on any atom is -0.483 e. The maximum atomic E-state index is 12.2. The van der Waals surface area contributed by atoms with Gasteiger partial charge in [0.05, 0.1) is 5.39 Å². The zero-order valence-corrected chi connectivity index (χ0v) is 13.9. The molecule has 0 aliphatic heterocycles. The molecule has 3 aromatic rings. The van der Waals surface area contributed by atoms with Gasteiger partial charge in [0.1, 0.15) is 11.3 Å². The van der Waals surface area contributed by atoms with Crippen molar-refractivity contribution in [3.05, 3.63) is 52.4 Å². The highest BCUT2D eigenvalue weighted by molar-refractivity contribution is 6.05. The fourth-order valence-corrected chi connectivity index (χ4v) is 2.72. The van der Waals surface area contributed by atoms with E-state index in [4.69, 9.17) is 14.3 Å². The number of ether oxygens (including phenoxy) is 1. The summed E-state index contributed by atoms with van der Waals surface area (Å²) >= 11 is 0. The lowest BCUT2D eigenvalue weighted by atomic mass is 10.0. The fraction of sp³-hybridized carbons (Fsp3) is 0.263. The zero-order chi connectivity index (χ0) is 17.8. The lowest BCUT2D eigenvalue weighted by molar-refractivity contribution is -0.123. The number of hydrogen-bond donors (Lipinski definition) is 2. The van der Waals surface area contributed by atoms with Gasteiger partial charge in [-0.25, -0.2) is 4.79 Å². The quantitative estimate of drug-likeness (QED) is 0.407. The second-order valence-electron chi connectivity index (χ2n) is 5.72. The van der Waals surface area contributed by atoms with Crippen LogP contribution in [0.5, 0.6) is 5.75 Å². The second-order valence-corrected chi connectivity index (χ2v) is 5.72. The van der Waals surface area contributed by atoms with Crippen molar-refractivity contribution < 1.29 is 19.1 Å². The molecular weight excluding hydrogens is 322 g/mol. The van der Waals surface area contributed by atoms with E-state index in [1.165, 1.54) is 0 Å². The van der Waals surface area contributed by atoms with E-state index in [1.807, 2.05) is 18.2 Å². The van der Waals surface area contributed by atoms with Gasteiger partial charge in [-0.2, -0.15) is 0 Å². The number of fused-ring (bicyclic) bond motifs is 3. The Balaban J connectivity index is 1.89. The first-order chi connectivity index (χ1) is 12.1. The largest absolute Gasteiger partial charge is 0.483 e. The zero-order valence-electron chi connectivity index (χ0n) is 13.9. The van der Waals surface area contributed by atoms with E-state index in [0.717, 1.165) is 10.8 Å². The summed E-state index contributed by atoms with van der Waals surface area (Å²) in [6, 6.07) is 10.9. The number of carbonyl (C=O) groups excluding carboxylic acids is 1. The number of carbonyl (C=O) groups is 1. The monoisotopic (exact) mass is 341 g/mol. The predicted octanol–water partition coefficient (Wildman–Crippen LogP) is 2.13. The number of rotatable bonds is 6. The van der Waals surface area contributed by atoms with Gasteiger partial charge in [0.25, 0.3) is 5.91 Å². The first-order valence-electron chi connectivity index (χ1n) is 8.07. The Bertz CT molecular complexity index is 977. The maximum Gasteiger partial charge on any atom is 0.344 e. The van der Waals surface area contributed by atoms with Crippen molar-refractivity contribution in [1.82, 2.24) is 5.32 Å². The molecule has 2 N–H and O–H groups in total. The minimum atomic E-state index is -0.398. The first-order valence-corrected chi connectivity index (χ1v) is 8.07. The molecule has 25 heavy (non-hydrogen) atoms. The number of benzene rings is 2. The maximum absolute atomic E-state index is 12.2. The van der Waals surface area contributed by atoms with Crippen molar-refractivity contribution in [2.75, 3.05) is 19.8 Å². The molecule has 130 valence electrons. The van der Waals surface area contributed by atoms with E-state index in [-0.39, 0.29) is 19.1 Å². The highest BCUT2D eigenvalue weighted by Crippen LogP contribution is 2.30. The Morgan fingerprint density at radius 2 is 1.92 bits per heavy atom. The van der Waals surface area contributed by atoms with Crippen molar-refractivity contribution in [2.24, 2.45) is 0 Å². The summed E-state index contributed by atoms with van der Waals surface area (Å²) in [6.07, 6.45) is 0.499. The summed E-state index contributed by atoms with van der Waals surface area (Å²) in [4.78, 5) is 23.9. The molecule has 6 heteroatoms. The van der Waals surface area contributed by atoms with Crippen molar-refractivity contribution >= 4 is 27.6 Å². The smallest absolute Gasteiger partial charge is 0.344 e. The van der Waals surface area contributed by atoms with Gasteiger partial charge in [-0.1, -0.05) is 18.2 Å². The average Bonchev–Trinajstić information content (AvgIpc) is 2.62. The number of aliphatic hydroxyl groups is 1. The van der Waals surface area contributed by atoms with Crippen molar-refractivity contribution in [2.45, 2.75) is 13.3 Å². The minimum absolute atomic E-state index is 0.0257. The summed E-state index contributed by atoms with van der Waals surface area (Å²) in [5, 5.41) is 13.5. The number of aliphatic hydroxyl groups excluding tert-OH is 1. The van der Waals surface area contributed by atoms with Crippen LogP contribution in [0.15, 0.2) is 45.6 Å². The van der Waals surface area contributed by atoms with Crippen molar-refractivity contribution in [3.8, 4) is 5.75 Å². The molecule has 0 unspecified atom stereocenters. The third-order valence-corrected chi connectivity index (χ3v) is 4.00. The van der Waals surface area contributed by atoms with Crippen molar-refractivity contribution in [1.29, 1.82) is 0 Å². The van der Waals surface area contributed by atoms with E-state index >= 15 is 0 Å². The van der Waals surface area contributed by atoms with Gasteiger partial charge in [-0.15, -0.1) is 0 Å². The Morgan fingerprint density at radius 1 is 1.16 bits per heavy atom. The molecule has 0 fully saturated rings. The van der Waals surface area contributed by atoms with Gasteiger partial charge in [0.15, 0.2) is 6.61 Å². The van der Waals surface area contributed by atoms with Crippen LogP contribution in [0.1, 0.15) is 12.0 Å². The molecule has 0 aliphatic rings. The standard InChI is InChI=1S/C19H19NO5/c1-12-16(24-11-17(22)20-9-4-10-21)8-7-14-13-5-2-3-6-15(13)19(23)25-18(12)14/h2-3,5-8,21H,4,9-11H2,1H3,(H,20,22). The third-order valence-electron chi connectivity index (χ3n) is 4.00. The molecule has 0 aliphatic carbocycles. The lowest BCUT2D eigenvalue weighted by Gasteiger charge is -2.11. The molecule has 0 bridgehead atoms. The average molecular weight is 341 g/mol. The van der Waals surface area contributed by atoms with Gasteiger partial charge in [0.2, 0.25) is 0 Å². The Hall–Kier alpha value is -2.86. The third kappa shape index (κ3) is 3.49. The Morgan fingerprint density at radius 3 is 2.68 bits per heavy atom. The number of aryl methyl sites for hydroxylation is 1. The second kappa shape index (κ2) is 7.36. The fourth-order valence-electron chi connectivity index (χ4n) is 2.72. The van der Waals surface area contributed by atoms with E-state index in [2.05, 4.69) is 5.32 Å². The molecule has 3 rings (SSSR count). The van der Waals surface area contributed by atoms with Crippen LogP contribution in [0.25, 0.3) is 21.7 Å².